The Labute approximate surface area is 171 Å². The number of hydrogen-bond donors (Lipinski definition) is 0. The molecular formula is C22H27ClN2O3. The van der Waals surface area contributed by atoms with Crippen molar-refractivity contribution in [1.82, 2.24) is 4.98 Å². The number of rotatable bonds is 4. The van der Waals surface area contributed by atoms with Crippen molar-refractivity contribution in [2.24, 2.45) is 5.92 Å². The number of benzene rings is 1. The van der Waals surface area contributed by atoms with Crippen molar-refractivity contribution in [3.63, 3.8) is 0 Å². The second-order valence-corrected chi connectivity index (χ2v) is 8.46. The Balaban J connectivity index is 1.91. The van der Waals surface area contributed by atoms with Gasteiger partial charge >= 0.3 is 6.09 Å². The van der Waals surface area contributed by atoms with E-state index in [0.29, 0.717) is 17.5 Å². The molecule has 1 fully saturated rings. The topological polar surface area (TPSA) is 51.7 Å². The number of halogens is 1. The number of aromatic nitrogens is 1. The van der Waals surface area contributed by atoms with E-state index in [4.69, 9.17) is 21.1 Å². The van der Waals surface area contributed by atoms with Crippen LogP contribution in [0.25, 0.3) is 11.1 Å². The van der Waals surface area contributed by atoms with E-state index < -0.39 is 5.60 Å². The second-order valence-electron chi connectivity index (χ2n) is 8.05. The predicted octanol–water partition coefficient (Wildman–Crippen LogP) is 5.57. The van der Waals surface area contributed by atoms with Gasteiger partial charge in [0.15, 0.2) is 0 Å². The van der Waals surface area contributed by atoms with Gasteiger partial charge in [0.25, 0.3) is 0 Å². The molecule has 1 saturated heterocycles. The largest absolute Gasteiger partial charge is 0.443 e. The first-order valence-electron chi connectivity index (χ1n) is 9.62. The molecule has 0 radical (unpaired) electrons. The lowest BCUT2D eigenvalue weighted by Crippen LogP contribution is -2.40. The number of carbonyl (C=O) groups is 1. The summed E-state index contributed by atoms with van der Waals surface area (Å²) in [5, 5.41) is 0.577. The molecule has 0 spiro atoms. The molecule has 1 aliphatic rings. The Morgan fingerprint density at radius 1 is 1.29 bits per heavy atom. The van der Waals surface area contributed by atoms with Crippen LogP contribution in [-0.4, -0.2) is 36.4 Å². The summed E-state index contributed by atoms with van der Waals surface area (Å²) in [4.78, 5) is 18.8. The number of nitrogens with zero attached hydrogens (tertiary/aromatic N) is 2. The Bertz CT molecular complexity index is 813. The van der Waals surface area contributed by atoms with Crippen molar-refractivity contribution in [1.29, 1.82) is 0 Å². The summed E-state index contributed by atoms with van der Waals surface area (Å²) in [5.41, 5.74) is 2.06. The van der Waals surface area contributed by atoms with Gasteiger partial charge in [0, 0.05) is 43.4 Å². The zero-order valence-electron chi connectivity index (χ0n) is 16.7. The minimum absolute atomic E-state index is 0.336. The van der Waals surface area contributed by atoms with Crippen LogP contribution in [-0.2, 0) is 9.47 Å². The Hall–Kier alpha value is -2.11. The van der Waals surface area contributed by atoms with E-state index in [1.807, 2.05) is 51.1 Å². The fourth-order valence-corrected chi connectivity index (χ4v) is 3.47. The molecule has 1 aliphatic heterocycles. The van der Waals surface area contributed by atoms with Crippen LogP contribution in [0.15, 0.2) is 42.7 Å². The molecule has 3 rings (SSSR count). The molecule has 1 aromatic carbocycles. The van der Waals surface area contributed by atoms with Gasteiger partial charge in [-0.15, -0.1) is 0 Å². The first-order chi connectivity index (χ1) is 13.3. The summed E-state index contributed by atoms with van der Waals surface area (Å²) in [6.45, 7) is 7.71. The van der Waals surface area contributed by atoms with Gasteiger partial charge < -0.3 is 9.47 Å². The van der Waals surface area contributed by atoms with Gasteiger partial charge in [0.05, 0.1) is 5.02 Å². The average Bonchev–Trinajstić information content (AvgIpc) is 2.66. The van der Waals surface area contributed by atoms with Crippen molar-refractivity contribution in [2.45, 2.75) is 39.2 Å². The number of anilines is 1. The molecule has 0 atom stereocenters. The number of hydrogen-bond acceptors (Lipinski definition) is 4. The van der Waals surface area contributed by atoms with E-state index >= 15 is 0 Å². The molecule has 1 amide bonds. The minimum Gasteiger partial charge on any atom is -0.443 e. The standard InChI is InChI=1S/C22H27ClN2O3/c1-22(2,3)28-21(26)25(15-16-8-11-27-12-9-16)18-6-4-5-17(13-18)19-7-10-24-14-20(19)23/h4-7,10,13-14,16H,8-9,11-12,15H2,1-3H3. The van der Waals surface area contributed by atoms with Crippen molar-refractivity contribution in [2.75, 3.05) is 24.7 Å². The fraction of sp³-hybridized carbons (Fsp3) is 0.455. The third-order valence-electron chi connectivity index (χ3n) is 4.64. The van der Waals surface area contributed by atoms with Gasteiger partial charge in [-0.1, -0.05) is 23.7 Å². The van der Waals surface area contributed by atoms with Gasteiger partial charge in [0.1, 0.15) is 5.60 Å². The average molecular weight is 403 g/mol. The normalized spacial score (nSPS) is 15.3. The summed E-state index contributed by atoms with van der Waals surface area (Å²) in [6.07, 6.45) is 4.88. The summed E-state index contributed by atoms with van der Waals surface area (Å²) in [7, 11) is 0. The van der Waals surface area contributed by atoms with Gasteiger partial charge in [-0.05, 0) is 63.3 Å². The van der Waals surface area contributed by atoms with Crippen molar-refractivity contribution < 1.29 is 14.3 Å². The molecule has 2 aromatic rings. The molecule has 28 heavy (non-hydrogen) atoms. The van der Waals surface area contributed by atoms with Gasteiger partial charge in [-0.2, -0.15) is 0 Å². The van der Waals surface area contributed by atoms with E-state index in [-0.39, 0.29) is 6.09 Å². The molecule has 0 unspecified atom stereocenters. The monoisotopic (exact) mass is 402 g/mol. The first-order valence-corrected chi connectivity index (χ1v) is 9.99. The SMILES string of the molecule is CC(C)(C)OC(=O)N(CC1CCOCC1)c1cccc(-c2ccncc2Cl)c1. The van der Waals surface area contributed by atoms with Crippen molar-refractivity contribution in [3.8, 4) is 11.1 Å². The van der Waals surface area contributed by atoms with Crippen LogP contribution >= 0.6 is 11.6 Å². The predicted molar refractivity (Wildman–Crippen MR) is 112 cm³/mol. The van der Waals surface area contributed by atoms with E-state index in [1.165, 1.54) is 0 Å². The molecule has 1 aromatic heterocycles. The highest BCUT2D eigenvalue weighted by Gasteiger charge is 2.27. The quantitative estimate of drug-likeness (QED) is 0.670. The molecule has 150 valence electrons. The fourth-order valence-electron chi connectivity index (χ4n) is 3.24. The number of pyridine rings is 1. The molecule has 0 bridgehead atoms. The second kappa shape index (κ2) is 8.93. The van der Waals surface area contributed by atoms with Crippen LogP contribution < -0.4 is 4.90 Å². The van der Waals surface area contributed by atoms with E-state index in [1.54, 1.807) is 17.3 Å². The third kappa shape index (κ3) is 5.46. The first kappa shape index (κ1) is 20.6. The summed E-state index contributed by atoms with van der Waals surface area (Å²) in [5.74, 6) is 0.384. The number of carbonyl (C=O) groups excluding carboxylic acids is 1. The van der Waals surface area contributed by atoms with Crippen LogP contribution in [0, 0.1) is 5.92 Å². The smallest absolute Gasteiger partial charge is 0.414 e. The summed E-state index contributed by atoms with van der Waals surface area (Å²) in [6, 6.07) is 9.69. The Morgan fingerprint density at radius 2 is 2.04 bits per heavy atom. The highest BCUT2D eigenvalue weighted by Crippen LogP contribution is 2.31. The van der Waals surface area contributed by atoms with Crippen LogP contribution in [0.2, 0.25) is 5.02 Å². The van der Waals surface area contributed by atoms with Crippen LogP contribution in [0.1, 0.15) is 33.6 Å². The lowest BCUT2D eigenvalue weighted by Gasteiger charge is -2.32. The number of ether oxygens (including phenoxy) is 2. The highest BCUT2D eigenvalue weighted by molar-refractivity contribution is 6.33. The number of amides is 1. The Kier molecular flexibility index (Phi) is 6.57. The molecule has 2 heterocycles. The van der Waals surface area contributed by atoms with E-state index in [2.05, 4.69) is 4.98 Å². The zero-order valence-corrected chi connectivity index (χ0v) is 17.4. The molecule has 0 N–H and O–H groups in total. The molecule has 5 nitrogen and oxygen atoms in total. The van der Waals surface area contributed by atoms with E-state index in [0.717, 1.165) is 42.9 Å². The van der Waals surface area contributed by atoms with E-state index in [9.17, 15) is 4.79 Å². The van der Waals surface area contributed by atoms with Crippen LogP contribution in [0.5, 0.6) is 0 Å². The molecule has 0 aliphatic carbocycles. The lowest BCUT2D eigenvalue weighted by atomic mass is 9.99. The van der Waals surface area contributed by atoms with Crippen LogP contribution in [0.3, 0.4) is 0 Å². The van der Waals surface area contributed by atoms with Gasteiger partial charge in [0.2, 0.25) is 0 Å². The molecular weight excluding hydrogens is 376 g/mol. The molecule has 0 saturated carbocycles. The van der Waals surface area contributed by atoms with Gasteiger partial charge in [-0.25, -0.2) is 4.79 Å². The van der Waals surface area contributed by atoms with Crippen molar-refractivity contribution >= 4 is 23.4 Å². The molecule has 6 heteroatoms. The maximum absolute atomic E-state index is 13.0. The maximum atomic E-state index is 13.0. The zero-order chi connectivity index (χ0) is 20.1. The van der Waals surface area contributed by atoms with Gasteiger partial charge in [-0.3, -0.25) is 9.88 Å². The lowest BCUT2D eigenvalue weighted by molar-refractivity contribution is 0.0515. The Morgan fingerprint density at radius 3 is 2.71 bits per heavy atom. The summed E-state index contributed by atoms with van der Waals surface area (Å²) < 4.78 is 11.1. The summed E-state index contributed by atoms with van der Waals surface area (Å²) >= 11 is 6.31. The van der Waals surface area contributed by atoms with Crippen molar-refractivity contribution in [3.05, 3.63) is 47.7 Å². The van der Waals surface area contributed by atoms with Crippen LogP contribution in [0.4, 0.5) is 10.5 Å². The minimum atomic E-state index is -0.559. The third-order valence-corrected chi connectivity index (χ3v) is 4.94. The highest BCUT2D eigenvalue weighted by atomic mass is 35.5. The maximum Gasteiger partial charge on any atom is 0.414 e.